The lowest BCUT2D eigenvalue weighted by Crippen LogP contribution is -2.22. The van der Waals surface area contributed by atoms with Crippen molar-refractivity contribution < 1.29 is 37.3 Å². The number of halogens is 3. The molecule has 0 aliphatic heterocycles. The van der Waals surface area contributed by atoms with Gasteiger partial charge in [0.25, 0.3) is 0 Å². The minimum atomic E-state index is -2.97. The Labute approximate surface area is 220 Å². The molecule has 0 saturated heterocycles. The summed E-state index contributed by atoms with van der Waals surface area (Å²) in [5, 5.41) is 0.499. The van der Waals surface area contributed by atoms with E-state index >= 15 is 0 Å². The average molecular weight is 540 g/mol. The molecule has 2 aliphatic carbocycles. The van der Waals surface area contributed by atoms with Gasteiger partial charge in [0.2, 0.25) is 0 Å². The molecule has 0 bridgehead atoms. The number of carbonyl (C=O) groups excluding carboxylic acids is 1. The van der Waals surface area contributed by atoms with Crippen molar-refractivity contribution in [2.75, 3.05) is 19.8 Å². The Morgan fingerprint density at radius 1 is 1.08 bits per heavy atom. The molecule has 1 heterocycles. The first kappa shape index (κ1) is 27.4. The Bertz CT molecular complexity index is 1020. The van der Waals surface area contributed by atoms with Crippen LogP contribution in [0.25, 0.3) is 0 Å². The molecule has 2 saturated carbocycles. The average Bonchev–Trinajstić information content (AvgIpc) is 3.79. The lowest BCUT2D eigenvalue weighted by atomic mass is 10.1. The molecule has 1 atom stereocenters. The normalized spacial score (nSPS) is 15.9. The molecule has 7 nitrogen and oxygen atoms in total. The third-order valence-electron chi connectivity index (χ3n) is 6.18. The molecule has 10 heteroatoms. The molecule has 0 amide bonds. The summed E-state index contributed by atoms with van der Waals surface area (Å²) in [6.07, 6.45) is 8.18. The van der Waals surface area contributed by atoms with Crippen LogP contribution in [-0.2, 0) is 27.2 Å². The van der Waals surface area contributed by atoms with Crippen molar-refractivity contribution in [3.05, 3.63) is 52.8 Å². The van der Waals surface area contributed by atoms with Gasteiger partial charge in [-0.2, -0.15) is 8.78 Å². The van der Waals surface area contributed by atoms with E-state index in [4.69, 9.17) is 30.5 Å². The quantitative estimate of drug-likeness (QED) is 0.176. The summed E-state index contributed by atoms with van der Waals surface area (Å²) < 4.78 is 52.4. The second-order valence-electron chi connectivity index (χ2n) is 9.52. The number of aromatic nitrogens is 1. The summed E-state index contributed by atoms with van der Waals surface area (Å²) in [6.45, 7) is -1.29. The summed E-state index contributed by atoms with van der Waals surface area (Å²) in [7, 11) is 0. The Morgan fingerprint density at radius 2 is 1.86 bits per heavy atom. The van der Waals surface area contributed by atoms with Gasteiger partial charge in [-0.1, -0.05) is 17.7 Å². The van der Waals surface area contributed by atoms with E-state index in [1.807, 2.05) is 0 Å². The van der Waals surface area contributed by atoms with E-state index in [9.17, 15) is 13.6 Å². The maximum Gasteiger partial charge on any atom is 0.508 e. The van der Waals surface area contributed by atoms with Gasteiger partial charge in [0.15, 0.2) is 11.5 Å². The lowest BCUT2D eigenvalue weighted by molar-refractivity contribution is -0.0515. The largest absolute Gasteiger partial charge is 0.508 e. The number of rotatable bonds is 16. The zero-order chi connectivity index (χ0) is 26.0. The van der Waals surface area contributed by atoms with Gasteiger partial charge in [0.05, 0.1) is 11.6 Å². The summed E-state index contributed by atoms with van der Waals surface area (Å²) in [5.41, 5.74) is 1.38. The molecule has 1 aromatic heterocycles. The van der Waals surface area contributed by atoms with Gasteiger partial charge in [0, 0.05) is 32.0 Å². The Morgan fingerprint density at radius 3 is 2.59 bits per heavy atom. The van der Waals surface area contributed by atoms with E-state index in [0.717, 1.165) is 31.4 Å². The van der Waals surface area contributed by atoms with Crippen LogP contribution < -0.4 is 9.47 Å². The maximum absolute atomic E-state index is 12.8. The number of carbonyl (C=O) groups is 1. The third kappa shape index (κ3) is 9.97. The van der Waals surface area contributed by atoms with Gasteiger partial charge in [0.1, 0.15) is 12.7 Å². The predicted molar refractivity (Wildman–Crippen MR) is 132 cm³/mol. The number of nitrogens with zero attached hydrogens (tertiary/aromatic N) is 1. The Hall–Kier alpha value is -2.65. The number of hydrogen-bond donors (Lipinski definition) is 0. The topological polar surface area (TPSA) is 76.1 Å². The fourth-order valence-electron chi connectivity index (χ4n) is 3.72. The molecule has 2 aliphatic rings. The van der Waals surface area contributed by atoms with Crippen molar-refractivity contribution in [1.82, 2.24) is 4.98 Å². The molecule has 2 aromatic rings. The molecule has 0 radical (unpaired) electrons. The molecule has 202 valence electrons. The van der Waals surface area contributed by atoms with Crippen molar-refractivity contribution >= 4 is 17.8 Å². The van der Waals surface area contributed by atoms with Crippen molar-refractivity contribution in [3.63, 3.8) is 0 Å². The molecule has 4 rings (SSSR count). The van der Waals surface area contributed by atoms with Gasteiger partial charge in [-0.05, 0) is 79.7 Å². The molecular weight excluding hydrogens is 508 g/mol. The van der Waals surface area contributed by atoms with Crippen LogP contribution in [0, 0.1) is 11.8 Å². The predicted octanol–water partition coefficient (Wildman–Crippen LogP) is 6.60. The van der Waals surface area contributed by atoms with Crippen LogP contribution in [0.5, 0.6) is 11.5 Å². The van der Waals surface area contributed by atoms with Crippen LogP contribution in [0.1, 0.15) is 49.7 Å². The second kappa shape index (κ2) is 13.8. The molecule has 2 fully saturated rings. The van der Waals surface area contributed by atoms with E-state index in [0.29, 0.717) is 48.5 Å². The summed E-state index contributed by atoms with van der Waals surface area (Å²) >= 11 is 6.25. The van der Waals surface area contributed by atoms with Crippen LogP contribution in [-0.4, -0.2) is 43.7 Å². The van der Waals surface area contributed by atoms with Gasteiger partial charge < -0.3 is 23.7 Å². The van der Waals surface area contributed by atoms with E-state index in [1.165, 1.54) is 18.9 Å². The first-order valence-electron chi connectivity index (χ1n) is 12.7. The summed E-state index contributed by atoms with van der Waals surface area (Å²) in [6, 6.07) is 6.26. The third-order valence-corrected chi connectivity index (χ3v) is 6.52. The first-order valence-corrected chi connectivity index (χ1v) is 13.0. The maximum atomic E-state index is 12.8. The monoisotopic (exact) mass is 539 g/mol. The molecular formula is C27H32ClF2NO6. The van der Waals surface area contributed by atoms with Crippen molar-refractivity contribution in [2.45, 2.75) is 64.3 Å². The molecule has 0 spiro atoms. The minimum Gasteiger partial charge on any atom is -0.489 e. The highest BCUT2D eigenvalue weighted by Gasteiger charge is 2.24. The first-order chi connectivity index (χ1) is 18.0. The second-order valence-corrected chi connectivity index (χ2v) is 9.93. The number of alkyl halides is 2. The fraction of sp³-hybridized carbons (Fsp3) is 0.556. The number of hydrogen-bond acceptors (Lipinski definition) is 7. The zero-order valence-electron chi connectivity index (χ0n) is 20.6. The minimum absolute atomic E-state index is 0.0554. The highest BCUT2D eigenvalue weighted by atomic mass is 35.5. The number of pyridine rings is 1. The van der Waals surface area contributed by atoms with Crippen LogP contribution in [0.15, 0.2) is 36.7 Å². The van der Waals surface area contributed by atoms with Gasteiger partial charge >= 0.3 is 12.8 Å². The van der Waals surface area contributed by atoms with Crippen molar-refractivity contribution in [1.29, 1.82) is 0 Å². The lowest BCUT2D eigenvalue weighted by Gasteiger charge is -2.19. The fourth-order valence-corrected chi connectivity index (χ4v) is 3.91. The van der Waals surface area contributed by atoms with E-state index in [1.54, 1.807) is 30.6 Å². The van der Waals surface area contributed by atoms with Crippen LogP contribution in [0.4, 0.5) is 13.6 Å². The van der Waals surface area contributed by atoms with E-state index in [-0.39, 0.29) is 18.1 Å². The Balaban J connectivity index is 1.30. The van der Waals surface area contributed by atoms with Crippen molar-refractivity contribution in [2.24, 2.45) is 11.8 Å². The molecule has 0 N–H and O–H groups in total. The van der Waals surface area contributed by atoms with Crippen LogP contribution in [0.2, 0.25) is 5.02 Å². The highest BCUT2D eigenvalue weighted by molar-refractivity contribution is 6.31. The summed E-state index contributed by atoms with van der Waals surface area (Å²) in [5.74, 6) is 1.26. The number of benzene rings is 1. The zero-order valence-corrected chi connectivity index (χ0v) is 21.3. The van der Waals surface area contributed by atoms with Gasteiger partial charge in [-0.15, -0.1) is 0 Å². The van der Waals surface area contributed by atoms with Gasteiger partial charge in [-0.25, -0.2) is 4.79 Å². The van der Waals surface area contributed by atoms with Crippen LogP contribution in [0.3, 0.4) is 0 Å². The molecule has 0 unspecified atom stereocenters. The SMILES string of the molecule is O=C(OCc1ccc(OC(F)F)c(OCC2CC2)c1)O[C@H](CCCOCC1CC1)Cc1ccncc1Cl. The van der Waals surface area contributed by atoms with E-state index < -0.39 is 18.9 Å². The van der Waals surface area contributed by atoms with Crippen LogP contribution >= 0.6 is 11.6 Å². The number of ether oxygens (including phenoxy) is 5. The van der Waals surface area contributed by atoms with Crippen molar-refractivity contribution in [3.8, 4) is 11.5 Å². The highest BCUT2D eigenvalue weighted by Crippen LogP contribution is 2.34. The summed E-state index contributed by atoms with van der Waals surface area (Å²) in [4.78, 5) is 16.5. The standard InChI is InChI=1S/C27H32ClF2NO6/c28-23-14-31-10-9-21(23)13-22(2-1-11-33-15-18-3-4-18)36-27(32)35-17-20-7-8-24(37-26(29)30)25(12-20)34-16-19-5-6-19/h7-10,12,14,18-19,22,26H,1-6,11,13,15-17H2/t22-/m1/s1. The smallest absolute Gasteiger partial charge is 0.489 e. The van der Waals surface area contributed by atoms with Gasteiger partial charge in [-0.3, -0.25) is 4.98 Å². The molecule has 37 heavy (non-hydrogen) atoms. The van der Waals surface area contributed by atoms with E-state index in [2.05, 4.69) is 9.72 Å². The molecule has 1 aromatic carbocycles. The Kier molecular flexibility index (Phi) is 10.2.